The fraction of sp³-hybridized carbons (Fsp3) is 0. The first-order chi connectivity index (χ1) is 26.8. The SMILES string of the molecule is c1ccc(-c2ccccc2N(c2ccccc2)c2ccc(N(c3ccccc3)c3ccc(-c4nc5ccccc5nc4-c4ccccc4)cc3)cc2)cc1. The van der Waals surface area contributed by atoms with Crippen LogP contribution in [-0.4, -0.2) is 9.97 Å². The van der Waals surface area contributed by atoms with Crippen LogP contribution in [0.2, 0.25) is 0 Å². The van der Waals surface area contributed by atoms with Gasteiger partial charge in [-0.25, -0.2) is 9.97 Å². The third-order valence-corrected chi connectivity index (χ3v) is 9.64. The van der Waals surface area contributed by atoms with Crippen LogP contribution in [0.3, 0.4) is 0 Å². The molecule has 4 heteroatoms. The summed E-state index contributed by atoms with van der Waals surface area (Å²) in [5.41, 5.74) is 14.3. The fourth-order valence-electron chi connectivity index (χ4n) is 7.08. The molecule has 0 radical (unpaired) electrons. The van der Waals surface area contributed by atoms with Gasteiger partial charge < -0.3 is 9.80 Å². The second-order valence-electron chi connectivity index (χ2n) is 13.1. The van der Waals surface area contributed by atoms with Gasteiger partial charge >= 0.3 is 0 Å². The van der Waals surface area contributed by atoms with Crippen LogP contribution < -0.4 is 9.80 Å². The number of benzene rings is 8. The zero-order valence-electron chi connectivity index (χ0n) is 29.6. The molecule has 0 N–H and O–H groups in total. The van der Waals surface area contributed by atoms with Gasteiger partial charge in [-0.05, 0) is 84.4 Å². The summed E-state index contributed by atoms with van der Waals surface area (Å²) < 4.78 is 0. The lowest BCUT2D eigenvalue weighted by Gasteiger charge is -2.29. The second kappa shape index (κ2) is 14.7. The van der Waals surface area contributed by atoms with E-state index >= 15 is 0 Å². The first-order valence-electron chi connectivity index (χ1n) is 18.2. The van der Waals surface area contributed by atoms with Crippen LogP contribution in [0.4, 0.5) is 34.1 Å². The Morgan fingerprint density at radius 2 is 0.611 bits per heavy atom. The van der Waals surface area contributed by atoms with Gasteiger partial charge in [0, 0.05) is 45.1 Å². The van der Waals surface area contributed by atoms with Crippen LogP contribution in [-0.2, 0) is 0 Å². The molecule has 0 bridgehead atoms. The minimum absolute atomic E-state index is 0.860. The Bertz CT molecular complexity index is 2630. The maximum atomic E-state index is 5.13. The molecule has 0 aliphatic rings. The van der Waals surface area contributed by atoms with Crippen molar-refractivity contribution in [3.8, 4) is 33.6 Å². The molecular weight excluding hydrogens is 657 g/mol. The van der Waals surface area contributed by atoms with E-state index in [1.807, 2.05) is 42.5 Å². The highest BCUT2D eigenvalue weighted by Gasteiger charge is 2.19. The van der Waals surface area contributed by atoms with Crippen LogP contribution in [0.15, 0.2) is 218 Å². The number of fused-ring (bicyclic) bond motifs is 1. The van der Waals surface area contributed by atoms with Gasteiger partial charge in [-0.15, -0.1) is 0 Å². The third-order valence-electron chi connectivity index (χ3n) is 9.64. The summed E-state index contributed by atoms with van der Waals surface area (Å²) in [6.07, 6.45) is 0. The summed E-state index contributed by atoms with van der Waals surface area (Å²) in [5.74, 6) is 0. The summed E-state index contributed by atoms with van der Waals surface area (Å²) in [6, 6.07) is 76.2. The van der Waals surface area contributed by atoms with Gasteiger partial charge in [-0.2, -0.15) is 0 Å². The number of aromatic nitrogens is 2. The van der Waals surface area contributed by atoms with Crippen LogP contribution in [0.5, 0.6) is 0 Å². The molecule has 0 fully saturated rings. The lowest BCUT2D eigenvalue weighted by Crippen LogP contribution is -2.12. The van der Waals surface area contributed by atoms with Crippen LogP contribution in [0.25, 0.3) is 44.7 Å². The minimum Gasteiger partial charge on any atom is -0.311 e. The zero-order valence-corrected chi connectivity index (χ0v) is 29.6. The van der Waals surface area contributed by atoms with E-state index in [-0.39, 0.29) is 0 Å². The van der Waals surface area contributed by atoms with E-state index in [1.54, 1.807) is 0 Å². The molecule has 0 atom stereocenters. The Labute approximate surface area is 315 Å². The molecule has 1 aromatic heterocycles. The van der Waals surface area contributed by atoms with Crippen molar-refractivity contribution < 1.29 is 0 Å². The standard InChI is InChI=1S/C50H36N4/c1-5-17-37(18-6-1)45-25-13-16-28-48(45)54(41-23-11-4-12-24-41)44-35-33-43(34-36-44)53(40-21-9-3-10-22-40)42-31-29-39(30-32-42)50-49(38-19-7-2-8-20-38)51-46-26-14-15-27-47(46)52-50/h1-36H. The first-order valence-corrected chi connectivity index (χ1v) is 18.2. The van der Waals surface area contributed by atoms with Crippen molar-refractivity contribution in [2.75, 3.05) is 9.80 Å². The lowest BCUT2D eigenvalue weighted by atomic mass is 10.0. The molecule has 0 aliphatic heterocycles. The number of hydrogen-bond donors (Lipinski definition) is 0. The summed E-state index contributed by atoms with van der Waals surface area (Å²) in [5, 5.41) is 0. The smallest absolute Gasteiger partial charge is 0.0973 e. The van der Waals surface area contributed by atoms with E-state index in [9.17, 15) is 0 Å². The fourth-order valence-corrected chi connectivity index (χ4v) is 7.08. The van der Waals surface area contributed by atoms with Crippen molar-refractivity contribution in [1.29, 1.82) is 0 Å². The van der Waals surface area contributed by atoms with E-state index < -0.39 is 0 Å². The molecule has 8 aromatic carbocycles. The van der Waals surface area contributed by atoms with E-state index in [0.717, 1.165) is 67.7 Å². The Morgan fingerprint density at radius 1 is 0.259 bits per heavy atom. The molecule has 0 spiro atoms. The van der Waals surface area contributed by atoms with Gasteiger partial charge in [0.25, 0.3) is 0 Å². The van der Waals surface area contributed by atoms with Gasteiger partial charge in [-0.1, -0.05) is 140 Å². The quantitative estimate of drug-likeness (QED) is 0.151. The Kier molecular flexibility index (Phi) is 8.90. The number of hydrogen-bond acceptors (Lipinski definition) is 4. The molecule has 256 valence electrons. The van der Waals surface area contributed by atoms with Crippen LogP contribution >= 0.6 is 0 Å². The monoisotopic (exact) mass is 692 g/mol. The largest absolute Gasteiger partial charge is 0.311 e. The van der Waals surface area contributed by atoms with Gasteiger partial charge in [0.15, 0.2) is 0 Å². The molecule has 0 aliphatic carbocycles. The van der Waals surface area contributed by atoms with Crippen molar-refractivity contribution in [3.05, 3.63) is 218 Å². The molecule has 1 heterocycles. The van der Waals surface area contributed by atoms with E-state index in [2.05, 4.69) is 186 Å². The zero-order chi connectivity index (χ0) is 36.1. The van der Waals surface area contributed by atoms with Gasteiger partial charge in [0.1, 0.15) is 0 Å². The number of rotatable bonds is 9. The molecule has 0 saturated carbocycles. The molecule has 4 nitrogen and oxygen atoms in total. The maximum absolute atomic E-state index is 5.13. The van der Waals surface area contributed by atoms with E-state index in [0.29, 0.717) is 0 Å². The summed E-state index contributed by atoms with van der Waals surface area (Å²) >= 11 is 0. The molecular formula is C50H36N4. The molecule has 54 heavy (non-hydrogen) atoms. The number of nitrogens with zero attached hydrogens (tertiary/aromatic N) is 4. The Morgan fingerprint density at radius 3 is 1.15 bits per heavy atom. The average molecular weight is 693 g/mol. The second-order valence-corrected chi connectivity index (χ2v) is 13.1. The summed E-state index contributed by atoms with van der Waals surface area (Å²) in [7, 11) is 0. The van der Waals surface area contributed by atoms with Crippen LogP contribution in [0.1, 0.15) is 0 Å². The topological polar surface area (TPSA) is 32.3 Å². The predicted octanol–water partition coefficient (Wildman–Crippen LogP) is 13.6. The van der Waals surface area contributed by atoms with Crippen molar-refractivity contribution in [2.45, 2.75) is 0 Å². The molecule has 9 aromatic rings. The highest BCUT2D eigenvalue weighted by atomic mass is 15.2. The van der Waals surface area contributed by atoms with Crippen molar-refractivity contribution in [2.24, 2.45) is 0 Å². The molecule has 0 saturated heterocycles. The highest BCUT2D eigenvalue weighted by Crippen LogP contribution is 2.43. The molecule has 9 rings (SSSR count). The van der Waals surface area contributed by atoms with Crippen LogP contribution in [0, 0.1) is 0 Å². The first kappa shape index (κ1) is 32.6. The lowest BCUT2D eigenvalue weighted by molar-refractivity contribution is 1.25. The van der Waals surface area contributed by atoms with E-state index in [1.165, 1.54) is 11.1 Å². The minimum atomic E-state index is 0.860. The number of para-hydroxylation sites is 5. The Hall–Kier alpha value is -7.30. The average Bonchev–Trinajstić information content (AvgIpc) is 3.26. The summed E-state index contributed by atoms with van der Waals surface area (Å²) in [6.45, 7) is 0. The predicted molar refractivity (Wildman–Crippen MR) is 225 cm³/mol. The van der Waals surface area contributed by atoms with Crippen molar-refractivity contribution >= 4 is 45.2 Å². The van der Waals surface area contributed by atoms with Gasteiger partial charge in [-0.3, -0.25) is 0 Å². The number of anilines is 6. The maximum Gasteiger partial charge on any atom is 0.0973 e. The van der Waals surface area contributed by atoms with Crippen molar-refractivity contribution in [3.63, 3.8) is 0 Å². The highest BCUT2D eigenvalue weighted by molar-refractivity contribution is 5.90. The van der Waals surface area contributed by atoms with Crippen molar-refractivity contribution in [1.82, 2.24) is 9.97 Å². The van der Waals surface area contributed by atoms with E-state index in [4.69, 9.17) is 9.97 Å². The molecule has 0 unspecified atom stereocenters. The Balaban J connectivity index is 1.12. The third kappa shape index (κ3) is 6.49. The van der Waals surface area contributed by atoms with Gasteiger partial charge in [0.2, 0.25) is 0 Å². The molecule has 0 amide bonds. The van der Waals surface area contributed by atoms with Gasteiger partial charge in [0.05, 0.1) is 28.1 Å². The normalized spacial score (nSPS) is 11.0. The summed E-state index contributed by atoms with van der Waals surface area (Å²) in [4.78, 5) is 14.8.